The Morgan fingerprint density at radius 1 is 1.10 bits per heavy atom. The molecule has 2 heterocycles. The molecule has 7 nitrogen and oxygen atoms in total. The van der Waals surface area contributed by atoms with Crippen molar-refractivity contribution >= 4 is 33.4 Å². The number of amides is 1. The Morgan fingerprint density at radius 2 is 1.76 bits per heavy atom. The van der Waals surface area contributed by atoms with Crippen LogP contribution in [0.1, 0.15) is 51.5 Å². The molecule has 1 saturated heterocycles. The minimum atomic E-state index is -3.95. The first kappa shape index (κ1) is 29.4. The number of rotatable bonds is 7. The average molecular weight is 623 g/mol. The predicted octanol–water partition coefficient (Wildman–Crippen LogP) is 5.25. The number of likely N-dealkylation sites (tertiary alicyclic amines) is 1. The molecular weight excluding hydrogens is 589 g/mol. The van der Waals surface area contributed by atoms with Gasteiger partial charge in [-0.1, -0.05) is 35.9 Å². The van der Waals surface area contributed by atoms with E-state index in [9.17, 15) is 26.4 Å². The number of alkyl halides is 2. The number of carbonyl (C=O) groups is 1. The molecule has 3 saturated carbocycles. The van der Waals surface area contributed by atoms with Gasteiger partial charge in [-0.15, -0.1) is 0 Å². The summed E-state index contributed by atoms with van der Waals surface area (Å²) in [5.41, 5.74) is -0.994. The van der Waals surface area contributed by atoms with Crippen molar-refractivity contribution in [1.29, 1.82) is 0 Å². The number of hydrogen-bond acceptors (Lipinski definition) is 5. The van der Waals surface area contributed by atoms with Crippen LogP contribution in [0.3, 0.4) is 0 Å². The summed E-state index contributed by atoms with van der Waals surface area (Å²) in [6, 6.07) is 11.9. The monoisotopic (exact) mass is 622 g/mol. The number of piperidine rings is 1. The summed E-state index contributed by atoms with van der Waals surface area (Å²) in [5.74, 6) is -2.88. The Hall–Kier alpha value is -2.63. The number of sulfonamides is 1. The first-order valence-electron chi connectivity index (χ1n) is 14.3. The maximum Gasteiger partial charge on any atom is 0.251 e. The lowest BCUT2D eigenvalue weighted by atomic mass is 9.76. The third-order valence-electron chi connectivity index (χ3n) is 9.44. The van der Waals surface area contributed by atoms with Crippen LogP contribution < -0.4 is 5.32 Å². The lowest BCUT2D eigenvalue weighted by Gasteiger charge is -2.46. The summed E-state index contributed by atoms with van der Waals surface area (Å²) in [7, 11) is -3.95. The highest BCUT2D eigenvalue weighted by Gasteiger charge is 2.63. The molecule has 226 valence electrons. The van der Waals surface area contributed by atoms with E-state index < -0.39 is 38.9 Å². The zero-order valence-electron chi connectivity index (χ0n) is 23.5. The van der Waals surface area contributed by atoms with Gasteiger partial charge in [0.25, 0.3) is 5.92 Å². The number of halogens is 4. The Kier molecular flexibility index (Phi) is 7.17. The van der Waals surface area contributed by atoms with E-state index in [4.69, 9.17) is 16.6 Å². The van der Waals surface area contributed by atoms with Crippen LogP contribution in [0.15, 0.2) is 58.4 Å². The molecule has 0 radical (unpaired) electrons. The molecule has 0 unspecified atom stereocenters. The van der Waals surface area contributed by atoms with Crippen LogP contribution in [0.5, 0.6) is 0 Å². The molecule has 1 amide bonds. The summed E-state index contributed by atoms with van der Waals surface area (Å²) in [5, 5.41) is 3.29. The third-order valence-corrected chi connectivity index (χ3v) is 11.7. The predicted molar refractivity (Wildman–Crippen MR) is 153 cm³/mol. The highest BCUT2D eigenvalue weighted by atomic mass is 35.5. The fourth-order valence-corrected chi connectivity index (χ4v) is 9.05. The summed E-state index contributed by atoms with van der Waals surface area (Å²) < 4.78 is 71.4. The van der Waals surface area contributed by atoms with E-state index in [1.165, 1.54) is 21.3 Å². The van der Waals surface area contributed by atoms with E-state index in [2.05, 4.69) is 5.32 Å². The molecule has 0 spiro atoms. The van der Waals surface area contributed by atoms with Gasteiger partial charge in [0, 0.05) is 43.9 Å². The van der Waals surface area contributed by atoms with Crippen molar-refractivity contribution in [3.05, 3.63) is 64.9 Å². The topological polar surface area (TPSA) is 82.1 Å². The Balaban J connectivity index is 1.24. The van der Waals surface area contributed by atoms with Gasteiger partial charge in [0.1, 0.15) is 17.7 Å². The molecule has 2 bridgehead atoms. The second kappa shape index (κ2) is 10.2. The number of nitrogens with zero attached hydrogens (tertiary/aromatic N) is 3. The van der Waals surface area contributed by atoms with Crippen LogP contribution in [0.25, 0.3) is 0 Å². The van der Waals surface area contributed by atoms with Crippen molar-refractivity contribution in [1.82, 2.24) is 14.5 Å². The number of hydrogen-bond donors (Lipinski definition) is 1. The van der Waals surface area contributed by atoms with Crippen molar-refractivity contribution in [2.75, 3.05) is 13.1 Å². The molecule has 2 aromatic rings. The molecule has 5 aliphatic rings. The van der Waals surface area contributed by atoms with Gasteiger partial charge in [-0.3, -0.25) is 9.79 Å². The molecule has 3 aliphatic carbocycles. The Bertz CT molecular complexity index is 1520. The standard InChI is InChI=1S/C30H34ClF3N4O3S/c1-28(2)25(27(39)37-12-10-30(33,34)11-13-37)35-26(36-28)22-17-29(15-20(22)16-29)38(18-19-8-9-23(31)24(32)14-19)42(40,41)21-6-4-3-5-7-21/h3-9,14,20,22,25H,10-13,15-18H2,1-2H3,(H,35,36)/t20?,22-,25+,29?/m0/s1. The van der Waals surface area contributed by atoms with Gasteiger partial charge >= 0.3 is 0 Å². The van der Waals surface area contributed by atoms with E-state index in [-0.39, 0.29) is 60.1 Å². The minimum absolute atomic E-state index is 0.00217. The SMILES string of the molecule is CC1(C)N=C([C@H]2CC3(N(Cc4ccc(Cl)c(F)c4)S(=O)(=O)c4ccccc4)CC2C3)N[C@@H]1C(=O)N1CCC(F)(F)CC1. The van der Waals surface area contributed by atoms with Crippen molar-refractivity contribution in [2.24, 2.45) is 16.8 Å². The summed E-state index contributed by atoms with van der Waals surface area (Å²) in [6.45, 7) is 3.69. The first-order chi connectivity index (χ1) is 19.7. The van der Waals surface area contributed by atoms with Gasteiger partial charge < -0.3 is 10.2 Å². The largest absolute Gasteiger partial charge is 0.360 e. The van der Waals surface area contributed by atoms with Crippen LogP contribution in [0.2, 0.25) is 5.02 Å². The van der Waals surface area contributed by atoms with Crippen LogP contribution in [0, 0.1) is 17.7 Å². The fraction of sp³-hybridized carbons (Fsp3) is 0.533. The average Bonchev–Trinajstić information content (AvgIpc) is 3.58. The molecule has 42 heavy (non-hydrogen) atoms. The highest BCUT2D eigenvalue weighted by Crippen LogP contribution is 2.60. The van der Waals surface area contributed by atoms with Gasteiger partial charge in [0.05, 0.1) is 15.5 Å². The number of aliphatic imine (C=N–C) groups is 1. The second-order valence-electron chi connectivity index (χ2n) is 12.7. The third kappa shape index (κ3) is 5.11. The van der Waals surface area contributed by atoms with Crippen molar-refractivity contribution in [3.63, 3.8) is 0 Å². The molecule has 2 atom stereocenters. The highest BCUT2D eigenvalue weighted by molar-refractivity contribution is 7.89. The summed E-state index contributed by atoms with van der Waals surface area (Å²) >= 11 is 5.89. The fourth-order valence-electron chi connectivity index (χ4n) is 7.12. The van der Waals surface area contributed by atoms with Crippen molar-refractivity contribution < 1.29 is 26.4 Å². The van der Waals surface area contributed by atoms with Gasteiger partial charge in [-0.2, -0.15) is 4.31 Å². The zero-order valence-corrected chi connectivity index (χ0v) is 25.1. The lowest BCUT2D eigenvalue weighted by molar-refractivity contribution is -0.140. The maximum atomic E-state index is 14.4. The molecule has 1 N–H and O–H groups in total. The van der Waals surface area contributed by atoms with E-state index in [0.717, 1.165) is 0 Å². The van der Waals surface area contributed by atoms with Gasteiger partial charge in [0.2, 0.25) is 15.9 Å². The van der Waals surface area contributed by atoms with E-state index in [1.807, 2.05) is 13.8 Å². The number of amidine groups is 1. The summed E-state index contributed by atoms with van der Waals surface area (Å²) in [6.07, 6.45) is 1.02. The Morgan fingerprint density at radius 3 is 2.40 bits per heavy atom. The van der Waals surface area contributed by atoms with Gasteiger partial charge in [-0.25, -0.2) is 21.6 Å². The van der Waals surface area contributed by atoms with Gasteiger partial charge in [0.15, 0.2) is 0 Å². The second-order valence-corrected chi connectivity index (χ2v) is 15.0. The van der Waals surface area contributed by atoms with Crippen LogP contribution in [-0.2, 0) is 21.4 Å². The van der Waals surface area contributed by atoms with Crippen LogP contribution in [-0.4, -0.2) is 65.5 Å². The van der Waals surface area contributed by atoms with E-state index >= 15 is 0 Å². The lowest BCUT2D eigenvalue weighted by Crippen LogP contribution is -2.56. The number of nitrogens with one attached hydrogen (secondary N) is 1. The van der Waals surface area contributed by atoms with Crippen LogP contribution in [0.4, 0.5) is 13.2 Å². The van der Waals surface area contributed by atoms with E-state index in [0.29, 0.717) is 30.7 Å². The first-order valence-corrected chi connectivity index (χ1v) is 16.1. The maximum absolute atomic E-state index is 14.4. The minimum Gasteiger partial charge on any atom is -0.360 e. The smallest absolute Gasteiger partial charge is 0.251 e. The molecule has 4 fully saturated rings. The van der Waals surface area contributed by atoms with Gasteiger partial charge in [-0.05, 0) is 68.9 Å². The molecule has 12 heteroatoms. The van der Waals surface area contributed by atoms with Crippen LogP contribution >= 0.6 is 11.6 Å². The molecule has 2 aliphatic heterocycles. The molecule has 7 rings (SSSR count). The quantitative estimate of drug-likeness (QED) is 0.458. The zero-order chi connectivity index (χ0) is 30.1. The van der Waals surface area contributed by atoms with E-state index in [1.54, 1.807) is 36.4 Å². The normalized spacial score (nSPS) is 29.6. The number of carbonyl (C=O) groups excluding carboxylic acids is 1. The van der Waals surface area contributed by atoms with Crippen molar-refractivity contribution in [2.45, 2.75) is 80.4 Å². The number of benzene rings is 2. The molecule has 2 aromatic carbocycles. The Labute approximate surface area is 249 Å². The van der Waals surface area contributed by atoms with Crippen molar-refractivity contribution in [3.8, 4) is 0 Å². The summed E-state index contributed by atoms with van der Waals surface area (Å²) in [4.78, 5) is 20.0. The molecular formula is C30H34ClF3N4O3S. The number of fused-ring (bicyclic) bond motifs is 1. The molecule has 0 aromatic heterocycles.